The van der Waals surface area contributed by atoms with Gasteiger partial charge in [0, 0.05) is 70.1 Å². The van der Waals surface area contributed by atoms with E-state index in [1.54, 1.807) is 0 Å². The van der Waals surface area contributed by atoms with Gasteiger partial charge < -0.3 is 19.3 Å². The number of nitrogens with zero attached hydrogens (tertiary/aromatic N) is 6. The zero-order valence-corrected chi connectivity index (χ0v) is 19.8. The molecule has 7 heteroatoms. The normalized spacial score (nSPS) is 13.9. The molecule has 2 aromatic heterocycles. The average Bonchev–Trinajstić information content (AvgIpc) is 3.20. The predicted octanol–water partition coefficient (Wildman–Crippen LogP) is 3.50. The van der Waals surface area contributed by atoms with Crippen LogP contribution < -0.4 is 9.80 Å². The Morgan fingerprint density at radius 1 is 0.971 bits per heavy atom. The lowest BCUT2D eigenvalue weighted by Gasteiger charge is -2.35. The van der Waals surface area contributed by atoms with Crippen LogP contribution in [0.3, 0.4) is 0 Å². The molecule has 7 nitrogen and oxygen atoms in total. The second-order valence-corrected chi connectivity index (χ2v) is 8.88. The van der Waals surface area contributed by atoms with Crippen LogP contribution in [0, 0.1) is 0 Å². The van der Waals surface area contributed by atoms with E-state index in [1.165, 1.54) is 5.56 Å². The quantitative estimate of drug-likeness (QED) is 0.446. The number of benzene rings is 2. The van der Waals surface area contributed by atoms with Crippen LogP contribution in [-0.2, 0) is 24.8 Å². The van der Waals surface area contributed by atoms with Crippen molar-refractivity contribution in [3.63, 3.8) is 0 Å². The summed E-state index contributed by atoms with van der Waals surface area (Å²) in [4.78, 5) is 28.6. The van der Waals surface area contributed by atoms with Crippen molar-refractivity contribution < 1.29 is 4.79 Å². The van der Waals surface area contributed by atoms with Crippen LogP contribution in [0.5, 0.6) is 0 Å². The van der Waals surface area contributed by atoms with Gasteiger partial charge >= 0.3 is 0 Å². The number of fused-ring (bicyclic) bond motifs is 1. The van der Waals surface area contributed by atoms with Gasteiger partial charge in [-0.3, -0.25) is 4.79 Å². The van der Waals surface area contributed by atoms with Gasteiger partial charge in [0.25, 0.3) is 0 Å². The van der Waals surface area contributed by atoms with Crippen molar-refractivity contribution in [2.75, 3.05) is 43.0 Å². The number of anilines is 2. The Morgan fingerprint density at radius 2 is 1.71 bits per heavy atom. The van der Waals surface area contributed by atoms with Crippen molar-refractivity contribution in [3.8, 4) is 0 Å². The molecule has 0 bridgehead atoms. The summed E-state index contributed by atoms with van der Waals surface area (Å²) >= 11 is 0. The number of aryl methyl sites for hydroxylation is 1. The van der Waals surface area contributed by atoms with Gasteiger partial charge in [-0.05, 0) is 23.3 Å². The predicted molar refractivity (Wildman–Crippen MR) is 136 cm³/mol. The highest BCUT2D eigenvalue weighted by Gasteiger charge is 2.23. The van der Waals surface area contributed by atoms with E-state index in [1.807, 2.05) is 61.6 Å². The molecule has 3 heterocycles. The number of hydrogen-bond acceptors (Lipinski definition) is 5. The number of para-hydroxylation sites is 1. The van der Waals surface area contributed by atoms with E-state index in [-0.39, 0.29) is 5.91 Å². The van der Waals surface area contributed by atoms with Gasteiger partial charge in [0.2, 0.25) is 11.9 Å². The first-order valence-electron chi connectivity index (χ1n) is 11.7. The molecule has 0 atom stereocenters. The monoisotopic (exact) mass is 454 g/mol. The van der Waals surface area contributed by atoms with Crippen molar-refractivity contribution in [2.24, 2.45) is 7.05 Å². The Hall–Kier alpha value is -3.87. The smallest absolute Gasteiger partial charge is 0.227 e. The first-order chi connectivity index (χ1) is 16.6. The molecule has 1 saturated heterocycles. The third-order valence-electron chi connectivity index (χ3n) is 6.51. The van der Waals surface area contributed by atoms with E-state index in [0.717, 1.165) is 41.9 Å². The van der Waals surface area contributed by atoms with Crippen molar-refractivity contribution in [2.45, 2.75) is 13.0 Å². The molecule has 1 aliphatic heterocycles. The van der Waals surface area contributed by atoms with Gasteiger partial charge in [-0.1, -0.05) is 48.5 Å². The summed E-state index contributed by atoms with van der Waals surface area (Å²) in [6.07, 6.45) is 4.33. The Kier molecular flexibility index (Phi) is 6.16. The topological polar surface area (TPSA) is 57.5 Å². The van der Waals surface area contributed by atoms with Crippen LogP contribution in [0.15, 0.2) is 73.1 Å². The second-order valence-electron chi connectivity index (χ2n) is 8.88. The van der Waals surface area contributed by atoms with Gasteiger partial charge in [-0.2, -0.15) is 4.98 Å². The van der Waals surface area contributed by atoms with E-state index in [2.05, 4.69) is 49.8 Å². The minimum atomic E-state index is 0.182. The first kappa shape index (κ1) is 21.9. The number of aromatic nitrogens is 3. The van der Waals surface area contributed by atoms with Crippen molar-refractivity contribution in [1.82, 2.24) is 19.4 Å². The minimum Gasteiger partial charge on any atom is -0.353 e. The standard InChI is InChI=1S/C27H30N6O/c1-30-20-22(23-10-6-7-11-24(23)30)18-26(34)33-16-14-32(15-17-33)25-12-13-28-27(29-25)31(2)19-21-8-4-3-5-9-21/h3-13,20H,14-19H2,1-2H3. The summed E-state index contributed by atoms with van der Waals surface area (Å²) in [7, 11) is 4.04. The highest BCUT2D eigenvalue weighted by atomic mass is 16.2. The molecule has 34 heavy (non-hydrogen) atoms. The third-order valence-corrected chi connectivity index (χ3v) is 6.51. The summed E-state index contributed by atoms with van der Waals surface area (Å²) in [5.74, 6) is 1.80. The molecule has 1 aliphatic rings. The number of piperazine rings is 1. The van der Waals surface area contributed by atoms with E-state index in [9.17, 15) is 4.79 Å². The van der Waals surface area contributed by atoms with Crippen molar-refractivity contribution in [3.05, 3.63) is 84.2 Å². The largest absolute Gasteiger partial charge is 0.353 e. The summed E-state index contributed by atoms with van der Waals surface area (Å²) in [6, 6.07) is 20.5. The Labute approximate surface area is 200 Å². The molecule has 0 spiro atoms. The van der Waals surface area contributed by atoms with Crippen molar-refractivity contribution >= 4 is 28.6 Å². The highest BCUT2D eigenvalue weighted by molar-refractivity contribution is 5.89. The van der Waals surface area contributed by atoms with Gasteiger partial charge in [-0.25, -0.2) is 4.98 Å². The van der Waals surface area contributed by atoms with Gasteiger partial charge in [0.15, 0.2) is 0 Å². The van der Waals surface area contributed by atoms with Gasteiger partial charge in [0.1, 0.15) is 5.82 Å². The molecule has 2 aromatic carbocycles. The number of amides is 1. The fourth-order valence-electron chi connectivity index (χ4n) is 4.65. The lowest BCUT2D eigenvalue weighted by Crippen LogP contribution is -2.49. The van der Waals surface area contributed by atoms with Crippen LogP contribution in [0.25, 0.3) is 10.9 Å². The molecular formula is C27H30N6O. The second kappa shape index (κ2) is 9.55. The molecule has 0 radical (unpaired) electrons. The Balaban J connectivity index is 1.20. The molecule has 4 aromatic rings. The minimum absolute atomic E-state index is 0.182. The van der Waals surface area contributed by atoms with E-state index in [4.69, 9.17) is 4.98 Å². The number of hydrogen-bond donors (Lipinski definition) is 0. The third kappa shape index (κ3) is 4.59. The number of rotatable bonds is 6. The highest BCUT2D eigenvalue weighted by Crippen LogP contribution is 2.22. The van der Waals surface area contributed by atoms with Crippen LogP contribution in [-0.4, -0.2) is 58.6 Å². The molecule has 5 rings (SSSR count). The number of carbonyl (C=O) groups excluding carboxylic acids is 1. The Morgan fingerprint density at radius 3 is 2.50 bits per heavy atom. The molecule has 0 aliphatic carbocycles. The molecular weight excluding hydrogens is 424 g/mol. The summed E-state index contributed by atoms with van der Waals surface area (Å²) < 4.78 is 2.09. The summed E-state index contributed by atoms with van der Waals surface area (Å²) in [6.45, 7) is 3.67. The lowest BCUT2D eigenvalue weighted by atomic mass is 10.1. The fourth-order valence-corrected chi connectivity index (χ4v) is 4.65. The number of carbonyl (C=O) groups is 1. The van der Waals surface area contributed by atoms with Crippen LogP contribution >= 0.6 is 0 Å². The van der Waals surface area contributed by atoms with Gasteiger partial charge in [-0.15, -0.1) is 0 Å². The zero-order valence-electron chi connectivity index (χ0n) is 19.8. The van der Waals surface area contributed by atoms with Crippen molar-refractivity contribution in [1.29, 1.82) is 0 Å². The van der Waals surface area contributed by atoms with E-state index < -0.39 is 0 Å². The average molecular weight is 455 g/mol. The summed E-state index contributed by atoms with van der Waals surface area (Å²) in [5.41, 5.74) is 3.47. The zero-order chi connectivity index (χ0) is 23.5. The molecule has 1 fully saturated rings. The molecule has 0 saturated carbocycles. The molecule has 174 valence electrons. The SMILES string of the molecule is CN(Cc1ccccc1)c1nccc(N2CCN(C(=O)Cc3cn(C)c4ccccc34)CC2)n1. The van der Waals surface area contributed by atoms with Crippen LogP contribution in [0.1, 0.15) is 11.1 Å². The van der Waals surface area contributed by atoms with Gasteiger partial charge in [0.05, 0.1) is 6.42 Å². The molecule has 0 N–H and O–H groups in total. The fraction of sp³-hybridized carbons (Fsp3) is 0.296. The first-order valence-corrected chi connectivity index (χ1v) is 11.7. The maximum Gasteiger partial charge on any atom is 0.227 e. The van der Waals surface area contributed by atoms with E-state index in [0.29, 0.717) is 25.5 Å². The maximum atomic E-state index is 13.0. The van der Waals surface area contributed by atoms with Crippen LogP contribution in [0.4, 0.5) is 11.8 Å². The maximum absolute atomic E-state index is 13.0. The molecule has 1 amide bonds. The lowest BCUT2D eigenvalue weighted by molar-refractivity contribution is -0.130. The summed E-state index contributed by atoms with van der Waals surface area (Å²) in [5, 5.41) is 1.16. The van der Waals surface area contributed by atoms with E-state index >= 15 is 0 Å². The van der Waals surface area contributed by atoms with Crippen LogP contribution in [0.2, 0.25) is 0 Å². The molecule has 0 unspecified atom stereocenters. The Bertz CT molecular complexity index is 1280.